The van der Waals surface area contributed by atoms with Gasteiger partial charge in [-0.3, -0.25) is 4.90 Å². The van der Waals surface area contributed by atoms with Gasteiger partial charge in [0, 0.05) is 68.5 Å². The smallest absolute Gasteiger partial charge is 0.387 e. The third kappa shape index (κ3) is 4.14. The molecule has 8 nitrogen and oxygen atoms in total. The van der Waals surface area contributed by atoms with E-state index in [4.69, 9.17) is 20.8 Å². The number of nitrogen functional groups attached to an aromatic ring is 1. The lowest BCUT2D eigenvalue weighted by molar-refractivity contribution is -0.0494. The number of aliphatic hydroxyl groups excluding tert-OH is 1. The molecule has 0 spiro atoms. The van der Waals surface area contributed by atoms with Crippen LogP contribution >= 0.6 is 0 Å². The fraction of sp³-hybridized carbons (Fsp3) is 0.571. The Kier molecular flexibility index (Phi) is 5.35. The highest BCUT2D eigenvalue weighted by Gasteiger charge is 2.45. The van der Waals surface area contributed by atoms with Gasteiger partial charge in [0.25, 0.3) is 0 Å². The molecule has 2 aliphatic heterocycles. The van der Waals surface area contributed by atoms with Gasteiger partial charge in [-0.2, -0.15) is 8.78 Å². The highest BCUT2D eigenvalue weighted by atomic mass is 19.3. The van der Waals surface area contributed by atoms with Crippen molar-refractivity contribution in [3.8, 4) is 17.0 Å². The summed E-state index contributed by atoms with van der Waals surface area (Å²) in [7, 11) is 0. The SMILES string of the molecule is Nc1ncc(-c2cc(N3CC4CN(CCCO)C4C3)nc(C3CC3)n2)cc1OC(F)F. The van der Waals surface area contributed by atoms with Gasteiger partial charge in [0.1, 0.15) is 11.6 Å². The van der Waals surface area contributed by atoms with Crippen LogP contribution in [0.1, 0.15) is 31.0 Å². The summed E-state index contributed by atoms with van der Waals surface area (Å²) in [6, 6.07) is 3.84. The number of hydrogen-bond acceptors (Lipinski definition) is 8. The highest BCUT2D eigenvalue weighted by molar-refractivity contribution is 5.67. The van der Waals surface area contributed by atoms with Gasteiger partial charge in [-0.05, 0) is 25.3 Å². The van der Waals surface area contributed by atoms with Crippen LogP contribution in [0, 0.1) is 5.92 Å². The molecule has 31 heavy (non-hydrogen) atoms. The summed E-state index contributed by atoms with van der Waals surface area (Å²) < 4.78 is 29.9. The third-order valence-electron chi connectivity index (χ3n) is 6.34. The Morgan fingerprint density at radius 1 is 1.19 bits per heavy atom. The Bertz CT molecular complexity index is 957. The quantitative estimate of drug-likeness (QED) is 0.654. The number of likely N-dealkylation sites (tertiary alicyclic amines) is 1. The maximum atomic E-state index is 12.7. The lowest BCUT2D eigenvalue weighted by atomic mass is 9.92. The van der Waals surface area contributed by atoms with Crippen molar-refractivity contribution in [2.24, 2.45) is 5.92 Å². The van der Waals surface area contributed by atoms with Crippen LogP contribution in [0.15, 0.2) is 18.3 Å². The Labute approximate surface area is 179 Å². The number of nitrogens with zero attached hydrogens (tertiary/aromatic N) is 5. The maximum Gasteiger partial charge on any atom is 0.387 e. The maximum absolute atomic E-state index is 12.7. The molecule has 0 radical (unpaired) electrons. The zero-order chi connectivity index (χ0) is 21.5. The van der Waals surface area contributed by atoms with Crippen molar-refractivity contribution < 1.29 is 18.6 Å². The first-order chi connectivity index (χ1) is 15.0. The highest BCUT2D eigenvalue weighted by Crippen LogP contribution is 2.41. The number of ether oxygens (including phenoxy) is 1. The molecule has 3 aliphatic rings. The number of fused-ring (bicyclic) bond motifs is 1. The van der Waals surface area contributed by atoms with E-state index in [0.29, 0.717) is 29.1 Å². The summed E-state index contributed by atoms with van der Waals surface area (Å²) in [5, 5.41) is 9.10. The minimum absolute atomic E-state index is 0.0835. The molecule has 2 aromatic rings. The Morgan fingerprint density at radius 3 is 2.77 bits per heavy atom. The van der Waals surface area contributed by atoms with E-state index in [-0.39, 0.29) is 18.2 Å². The topological polar surface area (TPSA) is 101 Å². The standard InChI is InChI=1S/C21H26F2N6O2/c22-21(23)31-17-6-13(8-25-19(17)24)15-7-18(27-20(26-15)12-2-3-12)29-10-14-9-28(4-1-5-30)16(14)11-29/h6-8,12,14,16,21,30H,1-5,9-11H2,(H2,24,25). The molecule has 2 atom stereocenters. The summed E-state index contributed by atoms with van der Waals surface area (Å²) in [6.07, 6.45) is 4.44. The number of aliphatic hydroxyl groups is 1. The van der Waals surface area contributed by atoms with Crippen molar-refractivity contribution >= 4 is 11.6 Å². The minimum Gasteiger partial charge on any atom is -0.431 e. The van der Waals surface area contributed by atoms with Gasteiger partial charge in [-0.15, -0.1) is 0 Å². The molecular formula is C21H26F2N6O2. The number of rotatable bonds is 8. The van der Waals surface area contributed by atoms with Crippen molar-refractivity contribution in [1.82, 2.24) is 19.9 Å². The van der Waals surface area contributed by atoms with E-state index in [1.807, 2.05) is 6.07 Å². The molecule has 5 rings (SSSR count). The zero-order valence-electron chi connectivity index (χ0n) is 17.1. The number of pyridine rings is 1. The molecule has 10 heteroatoms. The number of aromatic nitrogens is 3. The molecular weight excluding hydrogens is 406 g/mol. The van der Waals surface area contributed by atoms with Crippen molar-refractivity contribution in [3.63, 3.8) is 0 Å². The Balaban J connectivity index is 1.42. The van der Waals surface area contributed by atoms with Crippen LogP contribution in [-0.2, 0) is 0 Å². The molecule has 166 valence electrons. The summed E-state index contributed by atoms with van der Waals surface area (Å²) in [6.45, 7) is 1.01. The van der Waals surface area contributed by atoms with Gasteiger partial charge in [-0.25, -0.2) is 15.0 Å². The van der Waals surface area contributed by atoms with Gasteiger partial charge < -0.3 is 20.5 Å². The van der Waals surface area contributed by atoms with Crippen LogP contribution in [-0.4, -0.2) is 70.4 Å². The first kappa shape index (κ1) is 20.3. The number of hydrogen-bond donors (Lipinski definition) is 2. The van der Waals surface area contributed by atoms with Crippen LogP contribution < -0.4 is 15.4 Å². The Morgan fingerprint density at radius 2 is 2.03 bits per heavy atom. The molecule has 2 unspecified atom stereocenters. The van der Waals surface area contributed by atoms with E-state index in [1.165, 1.54) is 12.3 Å². The normalized spacial score (nSPS) is 23.2. The van der Waals surface area contributed by atoms with E-state index in [9.17, 15) is 8.78 Å². The van der Waals surface area contributed by atoms with Crippen molar-refractivity contribution in [2.45, 2.75) is 37.8 Å². The second-order valence-corrected chi connectivity index (χ2v) is 8.53. The van der Waals surface area contributed by atoms with E-state index in [0.717, 1.165) is 57.1 Å². The average Bonchev–Trinajstić information content (AvgIpc) is 3.53. The average molecular weight is 432 g/mol. The second kappa shape index (κ2) is 8.16. The molecule has 0 amide bonds. The van der Waals surface area contributed by atoms with Crippen LogP contribution in [0.4, 0.5) is 20.4 Å². The van der Waals surface area contributed by atoms with Gasteiger partial charge in [-0.1, -0.05) is 0 Å². The van der Waals surface area contributed by atoms with E-state index < -0.39 is 6.61 Å². The number of alkyl halides is 2. The van der Waals surface area contributed by atoms with Crippen LogP contribution in [0.2, 0.25) is 0 Å². The Hall–Kier alpha value is -2.59. The first-order valence-corrected chi connectivity index (χ1v) is 10.7. The molecule has 1 saturated carbocycles. The lowest BCUT2D eigenvalue weighted by Gasteiger charge is -2.43. The fourth-order valence-electron chi connectivity index (χ4n) is 4.54. The van der Waals surface area contributed by atoms with Crippen molar-refractivity contribution in [1.29, 1.82) is 0 Å². The van der Waals surface area contributed by atoms with E-state index in [1.54, 1.807) is 0 Å². The molecule has 3 N–H and O–H groups in total. The summed E-state index contributed by atoms with van der Waals surface area (Å²) in [5.74, 6) is 2.36. The molecule has 0 aromatic carbocycles. The summed E-state index contributed by atoms with van der Waals surface area (Å²) >= 11 is 0. The zero-order valence-corrected chi connectivity index (χ0v) is 17.1. The van der Waals surface area contributed by atoms with E-state index >= 15 is 0 Å². The predicted octanol–water partition coefficient (Wildman–Crippen LogP) is 2.10. The van der Waals surface area contributed by atoms with Gasteiger partial charge in [0.2, 0.25) is 0 Å². The fourth-order valence-corrected chi connectivity index (χ4v) is 4.54. The van der Waals surface area contributed by atoms with Gasteiger partial charge in [0.05, 0.1) is 5.69 Å². The largest absolute Gasteiger partial charge is 0.431 e. The first-order valence-electron chi connectivity index (χ1n) is 10.7. The van der Waals surface area contributed by atoms with Crippen LogP contribution in [0.25, 0.3) is 11.3 Å². The second-order valence-electron chi connectivity index (χ2n) is 8.53. The van der Waals surface area contributed by atoms with Gasteiger partial charge in [0.15, 0.2) is 11.6 Å². The number of nitrogens with two attached hydrogens (primary N) is 1. The van der Waals surface area contributed by atoms with E-state index in [2.05, 4.69) is 19.5 Å². The molecule has 4 heterocycles. The number of anilines is 2. The summed E-state index contributed by atoms with van der Waals surface area (Å²) in [4.78, 5) is 18.3. The lowest BCUT2D eigenvalue weighted by Crippen LogP contribution is -2.55. The number of halogens is 2. The molecule has 1 aliphatic carbocycles. The van der Waals surface area contributed by atoms with Crippen LogP contribution in [0.5, 0.6) is 5.75 Å². The predicted molar refractivity (Wildman–Crippen MR) is 111 cm³/mol. The van der Waals surface area contributed by atoms with Crippen LogP contribution in [0.3, 0.4) is 0 Å². The summed E-state index contributed by atoms with van der Waals surface area (Å²) in [5.41, 5.74) is 6.89. The minimum atomic E-state index is -2.98. The van der Waals surface area contributed by atoms with Crippen molar-refractivity contribution in [2.75, 3.05) is 43.4 Å². The molecule has 2 saturated heterocycles. The third-order valence-corrected chi connectivity index (χ3v) is 6.34. The van der Waals surface area contributed by atoms with Gasteiger partial charge >= 0.3 is 6.61 Å². The molecule has 3 fully saturated rings. The van der Waals surface area contributed by atoms with Crippen molar-refractivity contribution in [3.05, 3.63) is 24.2 Å². The monoisotopic (exact) mass is 432 g/mol. The molecule has 2 aromatic heterocycles. The molecule has 0 bridgehead atoms.